The molecule has 12 heteroatoms. The van der Waals surface area contributed by atoms with Gasteiger partial charge in [-0.1, -0.05) is 167 Å². The monoisotopic (exact) mass is 1020 g/mol. The Labute approximate surface area is 449 Å². The van der Waals surface area contributed by atoms with Crippen LogP contribution in [0.2, 0.25) is 0 Å². The molecule has 0 saturated carbocycles. The minimum atomic E-state index is -0.509. The molecule has 0 aliphatic heterocycles. The summed E-state index contributed by atoms with van der Waals surface area (Å²) < 4.78 is 18.9. The molecule has 0 saturated heterocycles. The smallest absolute Gasteiger partial charge is 0.328 e. The van der Waals surface area contributed by atoms with E-state index in [9.17, 15) is 10.5 Å². The molecule has 4 aromatic heterocycles. The SMILES string of the molecule is CCOc1ccc(-c2c3/c(=C(\C#N)c4nc5ccccc5s4)n(B(c4ccccc4)c4ccccc4)c(-c4ccc(OCC)cc4)c3/c(=C(\C#N)c3nc4ccccc4s3)n2B(c2ccccc2)c2ccccc2)cc1. The Morgan fingerprint density at radius 1 is 0.434 bits per heavy atom. The zero-order valence-corrected chi connectivity index (χ0v) is 43.3. The van der Waals surface area contributed by atoms with E-state index in [4.69, 9.17) is 19.4 Å². The van der Waals surface area contributed by atoms with Gasteiger partial charge in [-0.2, -0.15) is 10.5 Å². The predicted molar refractivity (Wildman–Crippen MR) is 314 cm³/mol. The van der Waals surface area contributed by atoms with Gasteiger partial charge in [0.25, 0.3) is 0 Å². The number of para-hydroxylation sites is 2. The van der Waals surface area contributed by atoms with Crippen LogP contribution in [0.25, 0.3) is 64.9 Å². The lowest BCUT2D eigenvalue weighted by Crippen LogP contribution is -2.54. The van der Waals surface area contributed by atoms with Gasteiger partial charge >= 0.3 is 13.7 Å². The standard InChI is InChI=1S/C64H46B2N6O2S2/c1-3-73-49-37-33-43(34-38-49)59-57-58(62(52(42-68)64-70-54-30-18-20-32-56(54)76-64)71(59)65(45-21-9-5-10-22-45)46-23-11-6-12-24-46)60(44-35-39-50(40-36-44)74-4-2)72(66(47-25-13-7-14-26-47)48-27-15-8-16-28-48)61(57)51(41-67)63-69-53-29-17-19-31-55(53)75-63/h5-40H,3-4H2,1-2H3/b61-51-,62-52-. The van der Waals surface area contributed by atoms with Gasteiger partial charge in [0.05, 0.1) is 44.3 Å². The van der Waals surface area contributed by atoms with E-state index in [-0.39, 0.29) is 0 Å². The fourth-order valence-electron chi connectivity index (χ4n) is 10.6. The van der Waals surface area contributed by atoms with E-state index in [1.807, 2.05) is 98.8 Å². The van der Waals surface area contributed by atoms with Crippen LogP contribution in [0.3, 0.4) is 0 Å². The fourth-order valence-corrected chi connectivity index (χ4v) is 12.5. The summed E-state index contributed by atoms with van der Waals surface area (Å²) in [6.07, 6.45) is 0. The van der Waals surface area contributed by atoms with Crippen molar-refractivity contribution in [1.29, 1.82) is 10.5 Å². The average Bonchev–Trinajstić information content (AvgIpc) is 4.45. The summed E-state index contributed by atoms with van der Waals surface area (Å²) >= 11 is 3.00. The third-order valence-electron chi connectivity index (χ3n) is 13.7. The van der Waals surface area contributed by atoms with Crippen molar-refractivity contribution in [3.05, 3.63) is 239 Å². The fraction of sp³-hybridized carbons (Fsp3) is 0.0625. The molecule has 0 spiro atoms. The second-order valence-corrected chi connectivity index (χ2v) is 20.3. The third-order valence-corrected chi connectivity index (χ3v) is 15.8. The molecule has 0 aliphatic rings. The van der Waals surface area contributed by atoms with E-state index in [1.165, 1.54) is 22.7 Å². The van der Waals surface area contributed by atoms with E-state index >= 15 is 0 Å². The van der Waals surface area contributed by atoms with Crippen LogP contribution in [0, 0.1) is 22.7 Å². The van der Waals surface area contributed by atoms with Crippen LogP contribution < -0.4 is 42.0 Å². The number of rotatable bonds is 14. The molecule has 0 amide bonds. The molecule has 0 fully saturated rings. The molecule has 12 rings (SSSR count). The maximum atomic E-state index is 12.2. The van der Waals surface area contributed by atoms with Crippen molar-refractivity contribution in [1.82, 2.24) is 18.9 Å². The Balaban J connectivity index is 1.44. The van der Waals surface area contributed by atoms with Gasteiger partial charge in [0.15, 0.2) is 0 Å². The van der Waals surface area contributed by atoms with Crippen molar-refractivity contribution in [3.63, 3.8) is 0 Å². The first-order valence-corrected chi connectivity index (χ1v) is 26.9. The first-order chi connectivity index (χ1) is 37.6. The largest absolute Gasteiger partial charge is 0.494 e. The van der Waals surface area contributed by atoms with Gasteiger partial charge in [-0.15, -0.1) is 22.7 Å². The van der Waals surface area contributed by atoms with Crippen LogP contribution in [-0.2, 0) is 0 Å². The first-order valence-electron chi connectivity index (χ1n) is 25.3. The maximum Gasteiger partial charge on any atom is 0.328 e. The topological polar surface area (TPSA) is 102 Å². The molecule has 0 N–H and O–H groups in total. The van der Waals surface area contributed by atoms with E-state index in [0.29, 0.717) is 45.1 Å². The number of hydrogen-bond donors (Lipinski definition) is 0. The number of hydrogen-bond acceptors (Lipinski definition) is 8. The van der Waals surface area contributed by atoms with Gasteiger partial charge in [0, 0.05) is 22.2 Å². The van der Waals surface area contributed by atoms with Gasteiger partial charge in [-0.05, 0) is 97.8 Å². The summed E-state index contributed by atoms with van der Waals surface area (Å²) in [5.41, 5.74) is 9.70. The van der Waals surface area contributed by atoms with Gasteiger partial charge in [-0.3, -0.25) is 0 Å². The molecule has 0 aliphatic carbocycles. The molecule has 8 aromatic carbocycles. The molecule has 0 bridgehead atoms. The highest BCUT2D eigenvalue weighted by molar-refractivity contribution is 7.20. The van der Waals surface area contributed by atoms with E-state index in [2.05, 4.69) is 155 Å². The molecule has 4 heterocycles. The maximum absolute atomic E-state index is 12.2. The number of fused-ring (bicyclic) bond motifs is 3. The van der Waals surface area contributed by atoms with Crippen molar-refractivity contribution in [2.45, 2.75) is 13.8 Å². The van der Waals surface area contributed by atoms with E-state index in [0.717, 1.165) is 87.1 Å². The zero-order valence-electron chi connectivity index (χ0n) is 41.7. The number of ether oxygens (including phenoxy) is 2. The Kier molecular flexibility index (Phi) is 13.2. The predicted octanol–water partition coefficient (Wildman–Crippen LogP) is 10.5. The highest BCUT2D eigenvalue weighted by Crippen LogP contribution is 2.39. The molecule has 8 nitrogen and oxygen atoms in total. The highest BCUT2D eigenvalue weighted by atomic mass is 32.1. The number of nitrogens with zero attached hydrogens (tertiary/aromatic N) is 6. The number of nitriles is 2. The van der Waals surface area contributed by atoms with Gasteiger partial charge in [0.2, 0.25) is 0 Å². The molecule has 0 atom stereocenters. The van der Waals surface area contributed by atoms with Crippen LogP contribution in [0.15, 0.2) is 218 Å². The molecular weight excluding hydrogens is 971 g/mol. The van der Waals surface area contributed by atoms with E-state index in [1.54, 1.807) is 0 Å². The summed E-state index contributed by atoms with van der Waals surface area (Å²) in [6.45, 7) is 3.94. The second kappa shape index (κ2) is 21.0. The van der Waals surface area contributed by atoms with Crippen molar-refractivity contribution in [2.75, 3.05) is 13.2 Å². The third kappa shape index (κ3) is 8.64. The molecule has 76 heavy (non-hydrogen) atoms. The Morgan fingerprint density at radius 3 is 1.05 bits per heavy atom. The Morgan fingerprint density at radius 2 is 0.750 bits per heavy atom. The zero-order chi connectivity index (χ0) is 51.5. The molecule has 12 aromatic rings. The Bertz CT molecular complexity index is 3850. The lowest BCUT2D eigenvalue weighted by atomic mass is 9.50. The van der Waals surface area contributed by atoms with Crippen LogP contribution >= 0.6 is 22.7 Å². The summed E-state index contributed by atoms with van der Waals surface area (Å²) in [5, 5.41) is 28.4. The minimum absolute atomic E-state index is 0.394. The lowest BCUT2D eigenvalue weighted by Gasteiger charge is -2.24. The van der Waals surface area contributed by atoms with Crippen LogP contribution in [-0.4, -0.2) is 45.8 Å². The van der Waals surface area contributed by atoms with Gasteiger partial charge in [-0.25, -0.2) is 9.97 Å². The Hall–Kier alpha value is -9.19. The number of thiazole rings is 2. The van der Waals surface area contributed by atoms with Gasteiger partial charge < -0.3 is 18.4 Å². The first kappa shape index (κ1) is 47.8. The van der Waals surface area contributed by atoms with Crippen LogP contribution in [0.1, 0.15) is 23.9 Å². The summed E-state index contributed by atoms with van der Waals surface area (Å²) in [4.78, 5) is 10.6. The van der Waals surface area contributed by atoms with Crippen molar-refractivity contribution < 1.29 is 9.47 Å². The molecular formula is C64H46B2N6O2S2. The lowest BCUT2D eigenvalue weighted by molar-refractivity contribution is 0.340. The number of aromatic nitrogens is 4. The van der Waals surface area contributed by atoms with E-state index < -0.39 is 13.7 Å². The quantitative estimate of drug-likeness (QED) is 0.101. The molecule has 0 radical (unpaired) electrons. The molecule has 0 unspecified atom stereocenters. The van der Waals surface area contributed by atoms with Crippen LogP contribution in [0.5, 0.6) is 11.5 Å². The van der Waals surface area contributed by atoms with Gasteiger partial charge in [0.1, 0.15) is 44.8 Å². The minimum Gasteiger partial charge on any atom is -0.494 e. The second-order valence-electron chi connectivity index (χ2n) is 18.2. The van der Waals surface area contributed by atoms with Crippen molar-refractivity contribution in [2.24, 2.45) is 0 Å². The highest BCUT2D eigenvalue weighted by Gasteiger charge is 2.37. The number of benzene rings is 8. The van der Waals surface area contributed by atoms with Crippen LogP contribution in [0.4, 0.5) is 0 Å². The average molecular weight is 1020 g/mol. The molecule has 362 valence electrons. The normalized spacial score (nSPS) is 12.1. The summed E-state index contributed by atoms with van der Waals surface area (Å²) in [6, 6.07) is 80.0. The van der Waals surface area contributed by atoms with Crippen molar-refractivity contribution in [3.8, 4) is 46.2 Å². The summed E-state index contributed by atoms with van der Waals surface area (Å²) in [7, 11) is 0. The van der Waals surface area contributed by atoms with Crippen molar-refractivity contribution >= 4 is 101 Å². The summed E-state index contributed by atoms with van der Waals surface area (Å²) in [5.74, 6) is 1.45.